The van der Waals surface area contributed by atoms with Crippen LogP contribution in [-0.2, 0) is 13.0 Å². The topological polar surface area (TPSA) is 92.6 Å². The molecular weight excluding hydrogens is 510 g/mol. The molecule has 1 fully saturated rings. The molecule has 1 amide bonds. The predicted molar refractivity (Wildman–Crippen MR) is 160 cm³/mol. The van der Waals surface area contributed by atoms with Gasteiger partial charge in [-0.15, -0.1) is 10.2 Å². The van der Waals surface area contributed by atoms with Crippen LogP contribution in [0.5, 0.6) is 0 Å². The molecule has 8 heteroatoms. The first kappa shape index (κ1) is 26.6. The fourth-order valence-electron chi connectivity index (χ4n) is 5.59. The van der Waals surface area contributed by atoms with E-state index in [9.17, 15) is 4.79 Å². The first-order valence-corrected chi connectivity index (χ1v) is 14.6. The van der Waals surface area contributed by atoms with Crippen LogP contribution in [0, 0.1) is 0 Å². The molecule has 0 spiro atoms. The van der Waals surface area contributed by atoms with Crippen LogP contribution < -0.4 is 0 Å². The van der Waals surface area contributed by atoms with E-state index in [4.69, 9.17) is 4.98 Å². The first-order valence-electron chi connectivity index (χ1n) is 14.6. The minimum absolute atomic E-state index is 0.0963. The van der Waals surface area contributed by atoms with Gasteiger partial charge in [-0.25, -0.2) is 4.98 Å². The highest BCUT2D eigenvalue weighted by Gasteiger charge is 2.23. The van der Waals surface area contributed by atoms with E-state index >= 15 is 0 Å². The average molecular weight is 546 g/mol. The second-order valence-electron chi connectivity index (χ2n) is 10.7. The van der Waals surface area contributed by atoms with Crippen molar-refractivity contribution in [2.45, 2.75) is 52.0 Å². The number of tetrazole rings is 1. The number of hydrogen-bond acceptors (Lipinski definition) is 5. The van der Waals surface area contributed by atoms with Crippen LogP contribution in [0.25, 0.3) is 33.6 Å². The Balaban J connectivity index is 1.32. The van der Waals surface area contributed by atoms with Crippen LogP contribution in [-0.4, -0.2) is 54.1 Å². The van der Waals surface area contributed by atoms with Gasteiger partial charge in [0.2, 0.25) is 5.82 Å². The van der Waals surface area contributed by atoms with Crippen LogP contribution in [0.3, 0.4) is 0 Å². The normalized spacial score (nSPS) is 13.4. The van der Waals surface area contributed by atoms with Crippen molar-refractivity contribution in [2.24, 2.45) is 0 Å². The van der Waals surface area contributed by atoms with Gasteiger partial charge in [-0.1, -0.05) is 74.0 Å². The molecular formula is C33H35N7O. The lowest BCUT2D eigenvalue weighted by Crippen LogP contribution is -2.36. The molecule has 0 radical (unpaired) electrons. The summed E-state index contributed by atoms with van der Waals surface area (Å²) >= 11 is 0. The van der Waals surface area contributed by atoms with E-state index < -0.39 is 0 Å². The molecule has 41 heavy (non-hydrogen) atoms. The molecule has 2 aromatic heterocycles. The summed E-state index contributed by atoms with van der Waals surface area (Å²) in [6.07, 6.45) is 8.11. The first-order chi connectivity index (χ1) is 20.2. The van der Waals surface area contributed by atoms with Crippen LogP contribution >= 0.6 is 0 Å². The third kappa shape index (κ3) is 5.82. The lowest BCUT2D eigenvalue weighted by atomic mass is 9.93. The standard InChI is InChI=1S/C33H35N7O/c1-2-3-12-31-34-22-30(33(41)39-19-8-5-9-20-39)40(31)23-24-13-15-26(16-14-24)29-21-27(25-10-6-4-7-11-25)17-18-28(29)32-35-37-38-36-32/h4,6-7,10-11,13-18,21-22H,2-3,5,8-9,12,19-20,23H2,1H3,(H,35,36,37,38). The molecule has 1 N–H and O–H groups in total. The Labute approximate surface area is 240 Å². The predicted octanol–water partition coefficient (Wildman–Crippen LogP) is 6.41. The fraction of sp³-hybridized carbons (Fsp3) is 0.303. The molecule has 1 saturated heterocycles. The Kier molecular flexibility index (Phi) is 7.98. The van der Waals surface area contributed by atoms with Gasteiger partial charge in [0.05, 0.1) is 6.20 Å². The number of H-pyrrole nitrogens is 1. The quantitative estimate of drug-likeness (QED) is 0.231. The number of amides is 1. The summed E-state index contributed by atoms with van der Waals surface area (Å²) in [4.78, 5) is 20.2. The van der Waals surface area contributed by atoms with Gasteiger partial charge in [-0.3, -0.25) is 4.79 Å². The highest BCUT2D eigenvalue weighted by Crippen LogP contribution is 2.34. The number of aryl methyl sites for hydroxylation is 1. The monoisotopic (exact) mass is 545 g/mol. The number of nitrogens with zero attached hydrogens (tertiary/aromatic N) is 6. The fourth-order valence-corrected chi connectivity index (χ4v) is 5.59. The number of carbonyl (C=O) groups excluding carboxylic acids is 1. The van der Waals surface area contributed by atoms with Crippen molar-refractivity contribution >= 4 is 5.91 Å². The molecule has 0 saturated carbocycles. The second kappa shape index (κ2) is 12.3. The molecule has 8 nitrogen and oxygen atoms in total. The van der Waals surface area contributed by atoms with E-state index in [0.29, 0.717) is 18.1 Å². The van der Waals surface area contributed by atoms with Gasteiger partial charge in [-0.05, 0) is 70.8 Å². The zero-order chi connectivity index (χ0) is 28.0. The van der Waals surface area contributed by atoms with Crippen molar-refractivity contribution in [3.63, 3.8) is 0 Å². The van der Waals surface area contributed by atoms with Crippen molar-refractivity contribution < 1.29 is 4.79 Å². The number of nitrogens with one attached hydrogen (secondary N) is 1. The van der Waals surface area contributed by atoms with Gasteiger partial charge in [0.25, 0.3) is 5.91 Å². The smallest absolute Gasteiger partial charge is 0.272 e. The third-order valence-corrected chi connectivity index (χ3v) is 7.87. The Bertz CT molecular complexity index is 1580. The number of rotatable bonds is 9. The second-order valence-corrected chi connectivity index (χ2v) is 10.7. The summed E-state index contributed by atoms with van der Waals surface area (Å²) in [6.45, 7) is 4.44. The number of imidazole rings is 1. The summed E-state index contributed by atoms with van der Waals surface area (Å²) in [5, 5.41) is 14.9. The third-order valence-electron chi connectivity index (χ3n) is 7.87. The number of unbranched alkanes of at least 4 members (excludes halogenated alkanes) is 1. The van der Waals surface area contributed by atoms with Crippen molar-refractivity contribution in [3.8, 4) is 33.6 Å². The van der Waals surface area contributed by atoms with Crippen molar-refractivity contribution in [1.82, 2.24) is 35.1 Å². The highest BCUT2D eigenvalue weighted by atomic mass is 16.2. The van der Waals surface area contributed by atoms with Crippen molar-refractivity contribution in [1.29, 1.82) is 0 Å². The largest absolute Gasteiger partial charge is 0.337 e. The molecule has 0 unspecified atom stereocenters. The van der Waals surface area contributed by atoms with E-state index in [1.807, 2.05) is 23.1 Å². The van der Waals surface area contributed by atoms with Gasteiger partial charge in [-0.2, -0.15) is 5.21 Å². The molecule has 3 heterocycles. The number of piperidine rings is 1. The van der Waals surface area contributed by atoms with E-state index in [1.165, 1.54) is 6.42 Å². The molecule has 0 bridgehead atoms. The van der Waals surface area contributed by atoms with Gasteiger partial charge in [0, 0.05) is 31.6 Å². The number of likely N-dealkylation sites (tertiary alicyclic amines) is 1. The van der Waals surface area contributed by atoms with Crippen LogP contribution in [0.1, 0.15) is 60.9 Å². The van der Waals surface area contributed by atoms with Crippen LogP contribution in [0.4, 0.5) is 0 Å². The molecule has 1 aliphatic rings. The van der Waals surface area contributed by atoms with Crippen molar-refractivity contribution in [2.75, 3.05) is 13.1 Å². The molecule has 3 aromatic carbocycles. The average Bonchev–Trinajstić information content (AvgIpc) is 3.71. The minimum atomic E-state index is 0.0963. The Hall–Kier alpha value is -4.59. The van der Waals surface area contributed by atoms with E-state index in [-0.39, 0.29) is 5.91 Å². The van der Waals surface area contributed by atoms with Gasteiger partial charge >= 0.3 is 0 Å². The summed E-state index contributed by atoms with van der Waals surface area (Å²) in [5.41, 5.74) is 7.10. The van der Waals surface area contributed by atoms with E-state index in [0.717, 1.165) is 84.4 Å². The number of aromatic amines is 1. The molecule has 208 valence electrons. The van der Waals surface area contributed by atoms with Crippen molar-refractivity contribution in [3.05, 3.63) is 96.1 Å². The maximum Gasteiger partial charge on any atom is 0.272 e. The Morgan fingerprint density at radius 1 is 0.878 bits per heavy atom. The SMILES string of the molecule is CCCCc1ncc(C(=O)N2CCCCC2)n1Cc1ccc(-c2cc(-c3ccccc3)ccc2-c2nn[nH]n2)cc1. The zero-order valence-corrected chi connectivity index (χ0v) is 23.5. The van der Waals surface area contributed by atoms with Gasteiger partial charge < -0.3 is 9.47 Å². The number of aromatic nitrogens is 6. The lowest BCUT2D eigenvalue weighted by molar-refractivity contribution is 0.0713. The molecule has 0 atom stereocenters. The van der Waals surface area contributed by atoms with Gasteiger partial charge in [0.1, 0.15) is 11.5 Å². The minimum Gasteiger partial charge on any atom is -0.337 e. The summed E-state index contributed by atoms with van der Waals surface area (Å²) < 4.78 is 2.13. The number of benzene rings is 3. The lowest BCUT2D eigenvalue weighted by Gasteiger charge is -2.27. The number of hydrogen-bond donors (Lipinski definition) is 1. The summed E-state index contributed by atoms with van der Waals surface area (Å²) in [5.74, 6) is 1.63. The molecule has 0 aliphatic carbocycles. The van der Waals surface area contributed by atoms with E-state index in [1.54, 1.807) is 6.20 Å². The highest BCUT2D eigenvalue weighted by molar-refractivity contribution is 5.92. The summed E-state index contributed by atoms with van der Waals surface area (Å²) in [7, 11) is 0. The van der Waals surface area contributed by atoms with E-state index in [2.05, 4.69) is 86.7 Å². The molecule has 5 aromatic rings. The maximum atomic E-state index is 13.5. The van der Waals surface area contributed by atoms with Crippen LogP contribution in [0.2, 0.25) is 0 Å². The maximum absolute atomic E-state index is 13.5. The molecule has 1 aliphatic heterocycles. The van der Waals surface area contributed by atoms with Gasteiger partial charge in [0.15, 0.2) is 0 Å². The zero-order valence-electron chi connectivity index (χ0n) is 23.5. The Morgan fingerprint density at radius 3 is 2.39 bits per heavy atom. The summed E-state index contributed by atoms with van der Waals surface area (Å²) in [6, 6.07) is 25.2. The molecule has 6 rings (SSSR count). The van der Waals surface area contributed by atoms with Crippen LogP contribution in [0.15, 0.2) is 79.0 Å². The Morgan fingerprint density at radius 2 is 1.66 bits per heavy atom. The number of carbonyl (C=O) groups is 1.